The molecule has 2 heterocycles. The highest BCUT2D eigenvalue weighted by atomic mass is 16.5. The smallest absolute Gasteiger partial charge is 0.306 e. The SMILES string of the molecule is COc1ccccc1C(c1ccncc1)N1CCC(C(=O)O)CC1. The predicted molar refractivity (Wildman–Crippen MR) is 91.0 cm³/mol. The monoisotopic (exact) mass is 326 g/mol. The maximum Gasteiger partial charge on any atom is 0.306 e. The Morgan fingerprint density at radius 1 is 1.21 bits per heavy atom. The number of benzene rings is 1. The Kier molecular flexibility index (Phi) is 5.11. The van der Waals surface area contributed by atoms with E-state index in [-0.39, 0.29) is 12.0 Å². The van der Waals surface area contributed by atoms with Crippen LogP contribution in [0.5, 0.6) is 5.75 Å². The third kappa shape index (κ3) is 3.41. The number of ether oxygens (including phenoxy) is 1. The van der Waals surface area contributed by atoms with Crippen molar-refractivity contribution in [2.45, 2.75) is 18.9 Å². The molecule has 0 saturated carbocycles. The molecule has 126 valence electrons. The van der Waals surface area contributed by atoms with Gasteiger partial charge < -0.3 is 9.84 Å². The van der Waals surface area contributed by atoms with Crippen LogP contribution in [0.25, 0.3) is 0 Å². The van der Waals surface area contributed by atoms with E-state index in [0.29, 0.717) is 12.8 Å². The second kappa shape index (κ2) is 7.45. The van der Waals surface area contributed by atoms with Gasteiger partial charge in [0.1, 0.15) is 5.75 Å². The van der Waals surface area contributed by atoms with Crippen molar-refractivity contribution in [2.75, 3.05) is 20.2 Å². The van der Waals surface area contributed by atoms with Crippen molar-refractivity contribution in [2.24, 2.45) is 5.92 Å². The predicted octanol–water partition coefficient (Wildman–Crippen LogP) is 2.98. The van der Waals surface area contributed by atoms with Crippen molar-refractivity contribution in [1.29, 1.82) is 0 Å². The number of piperidine rings is 1. The van der Waals surface area contributed by atoms with E-state index in [4.69, 9.17) is 4.74 Å². The summed E-state index contributed by atoms with van der Waals surface area (Å²) < 4.78 is 5.56. The first-order valence-corrected chi connectivity index (χ1v) is 8.20. The van der Waals surface area contributed by atoms with E-state index in [1.165, 1.54) is 0 Å². The second-order valence-electron chi connectivity index (χ2n) is 6.07. The molecule has 2 aromatic rings. The Morgan fingerprint density at radius 3 is 2.50 bits per heavy atom. The summed E-state index contributed by atoms with van der Waals surface area (Å²) in [5.41, 5.74) is 2.24. The van der Waals surface area contributed by atoms with Crippen molar-refractivity contribution >= 4 is 5.97 Å². The van der Waals surface area contributed by atoms with Crippen LogP contribution in [0.2, 0.25) is 0 Å². The molecule has 0 spiro atoms. The van der Waals surface area contributed by atoms with Crippen LogP contribution < -0.4 is 4.74 Å². The van der Waals surface area contributed by atoms with Crippen LogP contribution >= 0.6 is 0 Å². The fraction of sp³-hybridized carbons (Fsp3) is 0.368. The molecule has 1 unspecified atom stereocenters. The van der Waals surface area contributed by atoms with Gasteiger partial charge in [0.05, 0.1) is 19.1 Å². The lowest BCUT2D eigenvalue weighted by Crippen LogP contribution is -2.39. The molecule has 1 fully saturated rings. The first kappa shape index (κ1) is 16.5. The maximum absolute atomic E-state index is 11.2. The van der Waals surface area contributed by atoms with Gasteiger partial charge in [0.15, 0.2) is 0 Å². The molecule has 1 saturated heterocycles. The van der Waals surface area contributed by atoms with Crippen molar-refractivity contribution < 1.29 is 14.6 Å². The van der Waals surface area contributed by atoms with Crippen LogP contribution in [0, 0.1) is 5.92 Å². The van der Waals surface area contributed by atoms with Crippen LogP contribution in [-0.4, -0.2) is 41.2 Å². The molecule has 1 aliphatic rings. The molecule has 1 N–H and O–H groups in total. The molecular weight excluding hydrogens is 304 g/mol. The highest BCUT2D eigenvalue weighted by Crippen LogP contribution is 2.36. The highest BCUT2D eigenvalue weighted by molar-refractivity contribution is 5.70. The average molecular weight is 326 g/mol. The molecule has 1 aromatic carbocycles. The molecule has 0 bridgehead atoms. The summed E-state index contributed by atoms with van der Waals surface area (Å²) in [5.74, 6) is -0.0796. The number of hydrogen-bond donors (Lipinski definition) is 1. The summed E-state index contributed by atoms with van der Waals surface area (Å²) in [5, 5.41) is 9.23. The number of nitrogens with zero attached hydrogens (tertiary/aromatic N) is 2. The number of carboxylic acid groups (broad SMARTS) is 1. The number of methoxy groups -OCH3 is 1. The minimum atomic E-state index is -0.688. The molecule has 0 aliphatic carbocycles. The number of hydrogen-bond acceptors (Lipinski definition) is 4. The first-order chi connectivity index (χ1) is 11.7. The lowest BCUT2D eigenvalue weighted by Gasteiger charge is -2.37. The normalized spacial score (nSPS) is 17.4. The van der Waals surface area contributed by atoms with Crippen LogP contribution in [0.3, 0.4) is 0 Å². The lowest BCUT2D eigenvalue weighted by molar-refractivity contribution is -0.143. The zero-order chi connectivity index (χ0) is 16.9. The number of pyridine rings is 1. The maximum atomic E-state index is 11.2. The van der Waals surface area contributed by atoms with Gasteiger partial charge in [-0.15, -0.1) is 0 Å². The fourth-order valence-electron chi connectivity index (χ4n) is 3.43. The quantitative estimate of drug-likeness (QED) is 0.915. The topological polar surface area (TPSA) is 62.7 Å². The third-order valence-electron chi connectivity index (χ3n) is 4.70. The van der Waals surface area contributed by atoms with Gasteiger partial charge in [-0.05, 0) is 49.7 Å². The number of carbonyl (C=O) groups is 1. The zero-order valence-electron chi connectivity index (χ0n) is 13.8. The van der Waals surface area contributed by atoms with Crippen LogP contribution in [0.15, 0.2) is 48.8 Å². The molecule has 0 radical (unpaired) electrons. The number of aliphatic carboxylic acids is 1. The van der Waals surface area contributed by atoms with Gasteiger partial charge in [0.25, 0.3) is 0 Å². The lowest BCUT2D eigenvalue weighted by atomic mass is 9.91. The summed E-state index contributed by atoms with van der Waals surface area (Å²) in [7, 11) is 1.68. The number of aromatic nitrogens is 1. The van der Waals surface area contributed by atoms with Gasteiger partial charge in [-0.3, -0.25) is 14.7 Å². The Morgan fingerprint density at radius 2 is 1.88 bits per heavy atom. The largest absolute Gasteiger partial charge is 0.496 e. The molecule has 1 aromatic heterocycles. The highest BCUT2D eigenvalue weighted by Gasteiger charge is 2.31. The third-order valence-corrected chi connectivity index (χ3v) is 4.70. The Labute approximate surface area is 141 Å². The fourth-order valence-corrected chi connectivity index (χ4v) is 3.43. The van der Waals surface area contributed by atoms with Crippen molar-refractivity contribution in [3.63, 3.8) is 0 Å². The van der Waals surface area contributed by atoms with E-state index in [9.17, 15) is 9.90 Å². The van der Waals surface area contributed by atoms with Gasteiger partial charge in [0, 0.05) is 18.0 Å². The van der Waals surface area contributed by atoms with Gasteiger partial charge in [-0.1, -0.05) is 18.2 Å². The molecule has 5 heteroatoms. The van der Waals surface area contributed by atoms with E-state index in [2.05, 4.69) is 16.0 Å². The summed E-state index contributed by atoms with van der Waals surface area (Å²) in [4.78, 5) is 17.7. The van der Waals surface area contributed by atoms with Gasteiger partial charge >= 0.3 is 5.97 Å². The number of para-hydroxylation sites is 1. The van der Waals surface area contributed by atoms with E-state index in [1.54, 1.807) is 19.5 Å². The van der Waals surface area contributed by atoms with Crippen molar-refractivity contribution in [1.82, 2.24) is 9.88 Å². The average Bonchev–Trinajstić information content (AvgIpc) is 2.64. The minimum absolute atomic E-state index is 0.0406. The van der Waals surface area contributed by atoms with Gasteiger partial charge in [-0.25, -0.2) is 0 Å². The van der Waals surface area contributed by atoms with E-state index in [0.717, 1.165) is 30.0 Å². The molecule has 24 heavy (non-hydrogen) atoms. The molecule has 5 nitrogen and oxygen atoms in total. The zero-order valence-corrected chi connectivity index (χ0v) is 13.8. The molecule has 3 rings (SSSR count). The van der Waals surface area contributed by atoms with Gasteiger partial charge in [0.2, 0.25) is 0 Å². The number of likely N-dealkylation sites (tertiary alicyclic amines) is 1. The van der Waals surface area contributed by atoms with E-state index in [1.807, 2.05) is 30.3 Å². The van der Waals surface area contributed by atoms with Crippen LogP contribution in [0.4, 0.5) is 0 Å². The van der Waals surface area contributed by atoms with Crippen LogP contribution in [-0.2, 0) is 4.79 Å². The second-order valence-corrected chi connectivity index (χ2v) is 6.07. The Hall–Kier alpha value is -2.40. The summed E-state index contributed by atoms with van der Waals surface area (Å²) >= 11 is 0. The Bertz CT molecular complexity index is 682. The molecular formula is C19H22N2O3. The minimum Gasteiger partial charge on any atom is -0.496 e. The van der Waals surface area contributed by atoms with E-state index >= 15 is 0 Å². The standard InChI is InChI=1S/C19H22N2O3/c1-24-17-5-3-2-4-16(17)18(14-6-10-20-11-7-14)21-12-8-15(9-13-21)19(22)23/h2-7,10-11,15,18H,8-9,12-13H2,1H3,(H,22,23). The van der Waals surface area contributed by atoms with Crippen LogP contribution in [0.1, 0.15) is 30.0 Å². The molecule has 1 aliphatic heterocycles. The Balaban J connectivity index is 1.94. The summed E-state index contributed by atoms with van der Waals surface area (Å²) in [6.07, 6.45) is 4.93. The summed E-state index contributed by atoms with van der Waals surface area (Å²) in [6.45, 7) is 1.50. The van der Waals surface area contributed by atoms with Crippen molar-refractivity contribution in [3.05, 3.63) is 59.9 Å². The number of carboxylic acids is 1. The summed E-state index contributed by atoms with van der Waals surface area (Å²) in [6, 6.07) is 12.1. The van der Waals surface area contributed by atoms with Crippen molar-refractivity contribution in [3.8, 4) is 5.75 Å². The van der Waals surface area contributed by atoms with Gasteiger partial charge in [-0.2, -0.15) is 0 Å². The first-order valence-electron chi connectivity index (χ1n) is 8.20. The van der Waals surface area contributed by atoms with E-state index < -0.39 is 5.97 Å². The number of rotatable bonds is 5. The molecule has 1 atom stereocenters. The molecule has 0 amide bonds.